The first kappa shape index (κ1) is 20.2. The number of benzene rings is 3. The Bertz CT molecular complexity index is 1240. The first-order valence-corrected chi connectivity index (χ1v) is 11.1. The van der Waals surface area contributed by atoms with Crippen molar-refractivity contribution in [2.75, 3.05) is 31.1 Å². The first-order valence-electron chi connectivity index (χ1n) is 11.1. The molecule has 1 saturated heterocycles. The molecule has 1 fully saturated rings. The van der Waals surface area contributed by atoms with Crippen molar-refractivity contribution < 1.29 is 9.90 Å². The molecule has 162 valence electrons. The van der Waals surface area contributed by atoms with E-state index in [0.29, 0.717) is 13.1 Å². The number of amides is 1. The second-order valence-corrected chi connectivity index (χ2v) is 8.34. The zero-order valence-corrected chi connectivity index (χ0v) is 18.2. The van der Waals surface area contributed by atoms with Crippen LogP contribution in [0.15, 0.2) is 78.9 Å². The summed E-state index contributed by atoms with van der Waals surface area (Å²) in [6, 6.07) is 25.8. The number of fused-ring (bicyclic) bond motifs is 1. The molecule has 32 heavy (non-hydrogen) atoms. The molecule has 0 atom stereocenters. The van der Waals surface area contributed by atoms with E-state index >= 15 is 0 Å². The van der Waals surface area contributed by atoms with Crippen LogP contribution in [0.4, 0.5) is 5.69 Å². The number of hydrogen-bond acceptors (Lipinski definition) is 3. The molecule has 5 nitrogen and oxygen atoms in total. The van der Waals surface area contributed by atoms with Gasteiger partial charge < -0.3 is 19.5 Å². The molecule has 0 spiro atoms. The van der Waals surface area contributed by atoms with Gasteiger partial charge in [0.05, 0.1) is 5.56 Å². The van der Waals surface area contributed by atoms with Crippen LogP contribution in [0.5, 0.6) is 5.75 Å². The highest BCUT2D eigenvalue weighted by atomic mass is 16.3. The number of phenols is 1. The maximum Gasteiger partial charge on any atom is 0.256 e. The molecule has 2 heterocycles. The summed E-state index contributed by atoms with van der Waals surface area (Å²) in [7, 11) is 0. The predicted molar refractivity (Wildman–Crippen MR) is 128 cm³/mol. The minimum Gasteiger partial charge on any atom is -0.508 e. The van der Waals surface area contributed by atoms with E-state index in [2.05, 4.69) is 52.8 Å². The van der Waals surface area contributed by atoms with Crippen molar-refractivity contribution in [2.24, 2.45) is 0 Å². The van der Waals surface area contributed by atoms with E-state index in [-0.39, 0.29) is 11.7 Å². The van der Waals surface area contributed by atoms with Crippen LogP contribution in [0, 0.1) is 6.92 Å². The number of piperazine rings is 1. The number of hydrogen-bond donors (Lipinski definition) is 1. The average molecular weight is 426 g/mol. The molecule has 5 heteroatoms. The molecular weight excluding hydrogens is 398 g/mol. The summed E-state index contributed by atoms with van der Waals surface area (Å²) >= 11 is 0. The first-order chi connectivity index (χ1) is 15.6. The van der Waals surface area contributed by atoms with E-state index in [0.717, 1.165) is 47.5 Å². The summed E-state index contributed by atoms with van der Waals surface area (Å²) < 4.78 is 2.25. The van der Waals surface area contributed by atoms with Gasteiger partial charge in [0.15, 0.2) is 0 Å². The number of rotatable bonds is 4. The van der Waals surface area contributed by atoms with E-state index in [9.17, 15) is 9.90 Å². The smallest absolute Gasteiger partial charge is 0.256 e. The summed E-state index contributed by atoms with van der Waals surface area (Å²) in [6.45, 7) is 5.71. The highest BCUT2D eigenvalue weighted by Crippen LogP contribution is 2.29. The fourth-order valence-electron chi connectivity index (χ4n) is 4.66. The van der Waals surface area contributed by atoms with E-state index in [1.54, 1.807) is 12.1 Å². The number of aromatic nitrogens is 1. The molecule has 0 radical (unpaired) electrons. The lowest BCUT2D eigenvalue weighted by molar-refractivity contribution is 0.0747. The Morgan fingerprint density at radius 3 is 2.22 bits per heavy atom. The van der Waals surface area contributed by atoms with Gasteiger partial charge in [0.2, 0.25) is 0 Å². The Morgan fingerprint density at radius 1 is 0.844 bits per heavy atom. The minimum atomic E-state index is 0.107. The molecule has 0 bridgehead atoms. The van der Waals surface area contributed by atoms with Crippen LogP contribution < -0.4 is 4.90 Å². The van der Waals surface area contributed by atoms with Gasteiger partial charge in [-0.1, -0.05) is 48.5 Å². The molecule has 4 aromatic rings. The SMILES string of the molecule is Cc1c(C(=O)N2CCN(c3ccc(O)cc3)CC2)c2ccccc2n1Cc1ccccc1. The normalized spacial score (nSPS) is 14.2. The Morgan fingerprint density at radius 2 is 1.50 bits per heavy atom. The van der Waals surface area contributed by atoms with E-state index in [4.69, 9.17) is 0 Å². The van der Waals surface area contributed by atoms with Crippen molar-refractivity contribution in [1.29, 1.82) is 0 Å². The largest absolute Gasteiger partial charge is 0.508 e. The molecule has 1 N–H and O–H groups in total. The molecule has 1 aromatic heterocycles. The van der Waals surface area contributed by atoms with Gasteiger partial charge in [-0.05, 0) is 42.8 Å². The Hall–Kier alpha value is -3.73. The summed E-state index contributed by atoms with van der Waals surface area (Å²) in [5.74, 6) is 0.376. The van der Waals surface area contributed by atoms with Crippen molar-refractivity contribution in [2.45, 2.75) is 13.5 Å². The summed E-state index contributed by atoms with van der Waals surface area (Å²) in [5, 5.41) is 10.6. The lowest BCUT2D eigenvalue weighted by atomic mass is 10.1. The minimum absolute atomic E-state index is 0.107. The van der Waals surface area contributed by atoms with E-state index < -0.39 is 0 Å². The Balaban J connectivity index is 1.40. The third-order valence-electron chi connectivity index (χ3n) is 6.41. The molecule has 0 saturated carbocycles. The predicted octanol–water partition coefficient (Wildman–Crippen LogP) is 4.67. The molecule has 0 unspecified atom stereocenters. The number of anilines is 1. The third kappa shape index (κ3) is 3.71. The van der Waals surface area contributed by atoms with Gasteiger partial charge in [0.25, 0.3) is 5.91 Å². The van der Waals surface area contributed by atoms with Crippen LogP contribution in [-0.4, -0.2) is 46.7 Å². The van der Waals surface area contributed by atoms with Gasteiger partial charge in [-0.2, -0.15) is 0 Å². The monoisotopic (exact) mass is 425 g/mol. The summed E-state index contributed by atoms with van der Waals surface area (Å²) in [6.07, 6.45) is 0. The van der Waals surface area contributed by atoms with Crippen molar-refractivity contribution in [3.05, 3.63) is 95.7 Å². The highest BCUT2D eigenvalue weighted by Gasteiger charge is 2.27. The van der Waals surface area contributed by atoms with Crippen molar-refractivity contribution in [1.82, 2.24) is 9.47 Å². The number of phenolic OH excluding ortho intramolecular Hbond substituents is 1. The zero-order chi connectivity index (χ0) is 22.1. The molecular formula is C27H27N3O2. The van der Waals surface area contributed by atoms with Gasteiger partial charge in [0, 0.05) is 55.0 Å². The summed E-state index contributed by atoms with van der Waals surface area (Å²) in [4.78, 5) is 17.9. The van der Waals surface area contributed by atoms with Crippen molar-refractivity contribution >= 4 is 22.5 Å². The van der Waals surface area contributed by atoms with Crippen LogP contribution in [-0.2, 0) is 6.54 Å². The highest BCUT2D eigenvalue weighted by molar-refractivity contribution is 6.08. The van der Waals surface area contributed by atoms with Crippen molar-refractivity contribution in [3.8, 4) is 5.75 Å². The maximum atomic E-state index is 13.6. The lowest BCUT2D eigenvalue weighted by Gasteiger charge is -2.36. The van der Waals surface area contributed by atoms with E-state index in [1.165, 1.54) is 5.56 Å². The molecule has 1 amide bonds. The van der Waals surface area contributed by atoms with Gasteiger partial charge in [-0.3, -0.25) is 4.79 Å². The topological polar surface area (TPSA) is 48.7 Å². The third-order valence-corrected chi connectivity index (χ3v) is 6.41. The van der Waals surface area contributed by atoms with Gasteiger partial charge in [-0.15, -0.1) is 0 Å². The van der Waals surface area contributed by atoms with Crippen LogP contribution in [0.3, 0.4) is 0 Å². The Labute approximate surface area is 188 Å². The molecule has 3 aromatic carbocycles. The second kappa shape index (κ2) is 8.42. The fraction of sp³-hybridized carbons (Fsp3) is 0.222. The van der Waals surface area contributed by atoms with Crippen LogP contribution >= 0.6 is 0 Å². The van der Waals surface area contributed by atoms with Crippen molar-refractivity contribution in [3.63, 3.8) is 0 Å². The Kier molecular flexibility index (Phi) is 5.31. The lowest BCUT2D eigenvalue weighted by Crippen LogP contribution is -2.48. The second-order valence-electron chi connectivity index (χ2n) is 8.34. The van der Waals surface area contributed by atoms with Gasteiger partial charge >= 0.3 is 0 Å². The molecule has 1 aliphatic heterocycles. The molecule has 0 aliphatic carbocycles. The molecule has 5 rings (SSSR count). The number of carbonyl (C=O) groups is 1. The zero-order valence-electron chi connectivity index (χ0n) is 18.2. The number of nitrogens with zero attached hydrogens (tertiary/aromatic N) is 3. The quantitative estimate of drug-likeness (QED) is 0.517. The van der Waals surface area contributed by atoms with Crippen LogP contribution in [0.1, 0.15) is 21.6 Å². The van der Waals surface area contributed by atoms with Crippen LogP contribution in [0.2, 0.25) is 0 Å². The van der Waals surface area contributed by atoms with Crippen LogP contribution in [0.25, 0.3) is 10.9 Å². The fourth-order valence-corrected chi connectivity index (χ4v) is 4.66. The van der Waals surface area contributed by atoms with E-state index in [1.807, 2.05) is 35.2 Å². The molecule has 1 aliphatic rings. The number of para-hydroxylation sites is 1. The van der Waals surface area contributed by atoms with Gasteiger partial charge in [-0.25, -0.2) is 0 Å². The average Bonchev–Trinajstić information content (AvgIpc) is 3.11. The number of carbonyl (C=O) groups excluding carboxylic acids is 1. The standard InChI is InChI=1S/C27H27N3O2/c1-20-26(24-9-5-6-10-25(24)30(20)19-21-7-3-2-4-8-21)27(32)29-17-15-28(16-18-29)22-11-13-23(31)14-12-22/h2-14,31H,15-19H2,1H3. The summed E-state index contributed by atoms with van der Waals surface area (Å²) in [5.41, 5.74) is 5.22. The number of aromatic hydroxyl groups is 1. The van der Waals surface area contributed by atoms with Gasteiger partial charge in [0.1, 0.15) is 5.75 Å². The maximum absolute atomic E-state index is 13.6.